The van der Waals surface area contributed by atoms with E-state index in [9.17, 15) is 9.59 Å². The van der Waals surface area contributed by atoms with Crippen molar-refractivity contribution in [3.63, 3.8) is 0 Å². The lowest BCUT2D eigenvalue weighted by molar-refractivity contribution is 0.102. The van der Waals surface area contributed by atoms with Crippen LogP contribution in [0.2, 0.25) is 0 Å². The molecule has 0 aromatic carbocycles. The van der Waals surface area contributed by atoms with Crippen LogP contribution in [0.4, 0.5) is 11.4 Å². The predicted octanol–water partition coefficient (Wildman–Crippen LogP) is 3.90. The Kier molecular flexibility index (Phi) is 5.45. The number of aryl methyl sites for hydroxylation is 1. The Hall–Kier alpha value is -2.61. The lowest BCUT2D eigenvalue weighted by atomic mass is 9.95. The number of carbonyl (C=O) groups excluding carboxylic acids is 1. The van der Waals surface area contributed by atoms with Gasteiger partial charge in [-0.1, -0.05) is 13.3 Å². The molecule has 0 bridgehead atoms. The number of hydrogen-bond acceptors (Lipinski definition) is 4. The molecule has 3 aromatic rings. The van der Waals surface area contributed by atoms with Gasteiger partial charge in [0.05, 0.1) is 26.8 Å². The van der Waals surface area contributed by atoms with Gasteiger partial charge in [0.1, 0.15) is 5.65 Å². The zero-order chi connectivity index (χ0) is 20.5. The number of aromatic nitrogens is 3. The monoisotopic (exact) mass is 457 g/mol. The minimum absolute atomic E-state index is 0.153. The SMILES string of the molecule is CC[C@@H]1CCCN(c2c(Br)cnc3[nH]cc(NC(=O)c4ccc(=O)n(C)c4)c23)C1. The average Bonchev–Trinajstić information content (AvgIpc) is 3.12. The topological polar surface area (TPSA) is 83.0 Å². The van der Waals surface area contributed by atoms with Gasteiger partial charge in [0.2, 0.25) is 5.56 Å². The van der Waals surface area contributed by atoms with Gasteiger partial charge >= 0.3 is 0 Å². The van der Waals surface area contributed by atoms with E-state index in [4.69, 9.17) is 0 Å². The van der Waals surface area contributed by atoms with Crippen molar-refractivity contribution < 1.29 is 4.79 Å². The number of pyridine rings is 2. The molecule has 152 valence electrons. The fourth-order valence-electron chi connectivity index (χ4n) is 3.99. The van der Waals surface area contributed by atoms with Crippen LogP contribution in [0.3, 0.4) is 0 Å². The minimum atomic E-state index is -0.266. The summed E-state index contributed by atoms with van der Waals surface area (Å²) in [5.74, 6) is 0.402. The maximum absolute atomic E-state index is 12.8. The highest BCUT2D eigenvalue weighted by Crippen LogP contribution is 2.39. The van der Waals surface area contributed by atoms with Crippen molar-refractivity contribution in [1.82, 2.24) is 14.5 Å². The number of hydrogen-bond donors (Lipinski definition) is 2. The Balaban J connectivity index is 1.72. The molecule has 29 heavy (non-hydrogen) atoms. The number of nitrogens with zero attached hydrogens (tertiary/aromatic N) is 3. The van der Waals surface area contributed by atoms with E-state index in [1.807, 2.05) is 6.20 Å². The quantitative estimate of drug-likeness (QED) is 0.621. The van der Waals surface area contributed by atoms with Crippen LogP contribution in [0, 0.1) is 5.92 Å². The zero-order valence-corrected chi connectivity index (χ0v) is 18.1. The van der Waals surface area contributed by atoms with Crippen molar-refractivity contribution in [3.8, 4) is 0 Å². The summed E-state index contributed by atoms with van der Waals surface area (Å²) in [6.45, 7) is 4.21. The normalized spacial score (nSPS) is 16.9. The van der Waals surface area contributed by atoms with Crippen molar-refractivity contribution in [1.29, 1.82) is 0 Å². The number of piperidine rings is 1. The third-order valence-corrected chi connectivity index (χ3v) is 6.22. The predicted molar refractivity (Wildman–Crippen MR) is 119 cm³/mol. The number of amides is 1. The molecule has 7 nitrogen and oxygen atoms in total. The fourth-order valence-corrected chi connectivity index (χ4v) is 4.54. The molecule has 1 aliphatic rings. The highest BCUT2D eigenvalue weighted by atomic mass is 79.9. The standard InChI is InChI=1S/C21H24BrN5O2/c1-3-13-5-4-8-27(11-13)19-15(22)9-23-20-18(19)16(10-24-20)25-21(29)14-6-7-17(28)26(2)12-14/h6-7,9-10,12-13H,3-5,8,11H2,1-2H3,(H,23,24)(H,25,29)/t13-/m1/s1. The maximum atomic E-state index is 12.8. The molecule has 0 aliphatic carbocycles. The van der Waals surface area contributed by atoms with Crippen LogP contribution in [0.15, 0.2) is 40.0 Å². The van der Waals surface area contributed by atoms with E-state index in [2.05, 4.69) is 43.0 Å². The summed E-state index contributed by atoms with van der Waals surface area (Å²) in [6.07, 6.45) is 8.68. The van der Waals surface area contributed by atoms with Crippen LogP contribution in [0.5, 0.6) is 0 Å². The second-order valence-electron chi connectivity index (χ2n) is 7.56. The first-order valence-corrected chi connectivity index (χ1v) is 10.7. The molecule has 0 saturated carbocycles. The molecule has 3 aromatic heterocycles. The fraction of sp³-hybridized carbons (Fsp3) is 0.381. The molecule has 1 fully saturated rings. The first kappa shape index (κ1) is 19.7. The van der Waals surface area contributed by atoms with E-state index < -0.39 is 0 Å². The van der Waals surface area contributed by atoms with Crippen LogP contribution < -0.4 is 15.8 Å². The van der Waals surface area contributed by atoms with E-state index in [0.29, 0.717) is 17.2 Å². The number of H-pyrrole nitrogens is 1. The Morgan fingerprint density at radius 1 is 1.41 bits per heavy atom. The van der Waals surface area contributed by atoms with Crippen molar-refractivity contribution in [3.05, 3.63) is 51.1 Å². The van der Waals surface area contributed by atoms with Crippen LogP contribution in [0.25, 0.3) is 11.0 Å². The van der Waals surface area contributed by atoms with E-state index in [0.717, 1.165) is 47.1 Å². The molecule has 0 spiro atoms. The van der Waals surface area contributed by atoms with Gasteiger partial charge in [-0.2, -0.15) is 0 Å². The van der Waals surface area contributed by atoms with Gasteiger partial charge in [-0.15, -0.1) is 0 Å². The smallest absolute Gasteiger partial charge is 0.257 e. The number of nitrogens with one attached hydrogen (secondary N) is 2. The molecule has 4 rings (SSSR count). The summed E-state index contributed by atoms with van der Waals surface area (Å²) >= 11 is 3.67. The Bertz CT molecular complexity index is 1120. The van der Waals surface area contributed by atoms with E-state index >= 15 is 0 Å². The Labute approximate surface area is 177 Å². The summed E-state index contributed by atoms with van der Waals surface area (Å²) in [5, 5.41) is 3.88. The largest absolute Gasteiger partial charge is 0.370 e. The summed E-state index contributed by atoms with van der Waals surface area (Å²) in [5.41, 5.74) is 2.75. The molecule has 2 N–H and O–H groups in total. The van der Waals surface area contributed by atoms with Crippen LogP contribution >= 0.6 is 15.9 Å². The van der Waals surface area contributed by atoms with Crippen molar-refractivity contribution >= 4 is 44.2 Å². The average molecular weight is 458 g/mol. The molecular formula is C21H24BrN5O2. The van der Waals surface area contributed by atoms with Crippen LogP contribution in [-0.2, 0) is 7.05 Å². The van der Waals surface area contributed by atoms with Crippen molar-refractivity contribution in [2.24, 2.45) is 13.0 Å². The van der Waals surface area contributed by atoms with E-state index in [-0.39, 0.29) is 11.5 Å². The molecule has 8 heteroatoms. The highest BCUT2D eigenvalue weighted by Gasteiger charge is 2.24. The third kappa shape index (κ3) is 3.81. The molecule has 1 atom stereocenters. The second-order valence-corrected chi connectivity index (χ2v) is 8.42. The summed E-state index contributed by atoms with van der Waals surface area (Å²) < 4.78 is 2.31. The van der Waals surface area contributed by atoms with Gasteiger partial charge in [-0.3, -0.25) is 9.59 Å². The lowest BCUT2D eigenvalue weighted by Crippen LogP contribution is -2.35. The number of aromatic amines is 1. The maximum Gasteiger partial charge on any atom is 0.257 e. The Morgan fingerprint density at radius 3 is 3.00 bits per heavy atom. The highest BCUT2D eigenvalue weighted by molar-refractivity contribution is 9.10. The van der Waals surface area contributed by atoms with Crippen LogP contribution in [0.1, 0.15) is 36.5 Å². The number of anilines is 2. The lowest BCUT2D eigenvalue weighted by Gasteiger charge is -2.35. The second kappa shape index (κ2) is 8.02. The molecule has 4 heterocycles. The van der Waals surface area contributed by atoms with Gasteiger partial charge in [-0.05, 0) is 40.8 Å². The first-order chi connectivity index (χ1) is 14.0. The minimum Gasteiger partial charge on any atom is -0.370 e. The van der Waals surface area contributed by atoms with Gasteiger partial charge in [-0.25, -0.2) is 4.98 Å². The molecule has 1 aliphatic heterocycles. The van der Waals surface area contributed by atoms with Crippen LogP contribution in [-0.4, -0.2) is 33.5 Å². The summed E-state index contributed by atoms with van der Waals surface area (Å²) in [6, 6.07) is 2.93. The molecule has 0 unspecified atom stereocenters. The van der Waals surface area contributed by atoms with Crippen molar-refractivity contribution in [2.75, 3.05) is 23.3 Å². The summed E-state index contributed by atoms with van der Waals surface area (Å²) in [7, 11) is 1.63. The zero-order valence-electron chi connectivity index (χ0n) is 16.5. The van der Waals surface area contributed by atoms with E-state index in [1.54, 1.807) is 13.2 Å². The third-order valence-electron chi connectivity index (χ3n) is 5.64. The first-order valence-electron chi connectivity index (χ1n) is 9.86. The summed E-state index contributed by atoms with van der Waals surface area (Å²) in [4.78, 5) is 34.4. The number of carbonyl (C=O) groups is 1. The van der Waals surface area contributed by atoms with Crippen molar-refractivity contribution in [2.45, 2.75) is 26.2 Å². The molecule has 0 radical (unpaired) electrons. The number of rotatable bonds is 4. The van der Waals surface area contributed by atoms with Gasteiger partial charge in [0, 0.05) is 44.8 Å². The molecule has 1 saturated heterocycles. The number of fused-ring (bicyclic) bond motifs is 1. The number of halogens is 1. The van der Waals surface area contributed by atoms with Gasteiger partial charge < -0.3 is 19.8 Å². The molecular weight excluding hydrogens is 434 g/mol. The van der Waals surface area contributed by atoms with Gasteiger partial charge in [0.25, 0.3) is 5.91 Å². The van der Waals surface area contributed by atoms with E-state index in [1.165, 1.54) is 29.3 Å². The van der Waals surface area contributed by atoms with Gasteiger partial charge in [0.15, 0.2) is 0 Å². The molecule has 1 amide bonds. The Morgan fingerprint density at radius 2 is 2.24 bits per heavy atom.